The summed E-state index contributed by atoms with van der Waals surface area (Å²) in [4.78, 5) is 12.2. The molecule has 0 N–H and O–H groups in total. The Morgan fingerprint density at radius 3 is 2.50 bits per heavy atom. The number of carbonyl (C=O) groups is 1. The van der Waals surface area contributed by atoms with E-state index in [9.17, 15) is 4.79 Å². The summed E-state index contributed by atoms with van der Waals surface area (Å²) in [6.45, 7) is 4.28. The predicted octanol–water partition coefficient (Wildman–Crippen LogP) is 3.78. The summed E-state index contributed by atoms with van der Waals surface area (Å²) < 4.78 is 0. The van der Waals surface area contributed by atoms with Crippen molar-refractivity contribution in [1.29, 1.82) is 0 Å². The molecule has 1 atom stereocenters. The van der Waals surface area contributed by atoms with Crippen LogP contribution in [-0.4, -0.2) is 5.78 Å². The van der Waals surface area contributed by atoms with Gasteiger partial charge in [0.2, 0.25) is 0 Å². The summed E-state index contributed by atoms with van der Waals surface area (Å²) in [6, 6.07) is 9.49. The van der Waals surface area contributed by atoms with Crippen molar-refractivity contribution in [3.63, 3.8) is 0 Å². The van der Waals surface area contributed by atoms with E-state index in [2.05, 4.69) is 19.9 Å². The van der Waals surface area contributed by atoms with Crippen molar-refractivity contribution in [3.05, 3.63) is 59.2 Å². The molecule has 1 heteroatoms. The Kier molecular flexibility index (Phi) is 3.04. The van der Waals surface area contributed by atoms with Crippen LogP contribution >= 0.6 is 0 Å². The van der Waals surface area contributed by atoms with Crippen LogP contribution in [0.1, 0.15) is 30.6 Å². The highest BCUT2D eigenvalue weighted by Gasteiger charge is 2.18. The van der Waals surface area contributed by atoms with E-state index in [0.717, 1.165) is 17.6 Å². The van der Waals surface area contributed by atoms with E-state index in [0.29, 0.717) is 5.92 Å². The second-order valence-corrected chi connectivity index (χ2v) is 4.40. The summed E-state index contributed by atoms with van der Waals surface area (Å²) in [6.07, 6.45) is 4.88. The summed E-state index contributed by atoms with van der Waals surface area (Å²) in [5, 5.41) is 0. The molecule has 1 aliphatic rings. The second-order valence-electron chi connectivity index (χ2n) is 4.40. The molecule has 16 heavy (non-hydrogen) atoms. The van der Waals surface area contributed by atoms with Crippen molar-refractivity contribution < 1.29 is 4.79 Å². The lowest BCUT2D eigenvalue weighted by Crippen LogP contribution is -2.11. The van der Waals surface area contributed by atoms with Gasteiger partial charge < -0.3 is 0 Å². The predicted molar refractivity (Wildman–Crippen MR) is 66.4 cm³/mol. The first kappa shape index (κ1) is 10.9. The second kappa shape index (κ2) is 4.48. The summed E-state index contributed by atoms with van der Waals surface area (Å²) in [5.41, 5.74) is 3.06. The van der Waals surface area contributed by atoms with Crippen molar-refractivity contribution in [2.45, 2.75) is 20.3 Å². The molecule has 2 rings (SSSR count). The first-order chi connectivity index (χ1) is 7.68. The lowest BCUT2D eigenvalue weighted by molar-refractivity contribution is 0.102. The fraction of sp³-hybridized carbons (Fsp3) is 0.267. The number of Topliss-reactive ketones (excluding diaryl/α,β-unsaturated/α-hetero) is 1. The standard InChI is InChI=1S/C15H16O/c1-11-8-9-14(10-12(11)2)15(16)13-6-4-3-5-7-13/h3-9,12H,10H2,1-2H3. The fourth-order valence-electron chi connectivity index (χ4n) is 1.90. The first-order valence-electron chi connectivity index (χ1n) is 5.65. The first-order valence-corrected chi connectivity index (χ1v) is 5.65. The third kappa shape index (κ3) is 2.13. The Labute approximate surface area is 96.5 Å². The third-order valence-electron chi connectivity index (χ3n) is 3.18. The molecule has 82 valence electrons. The van der Waals surface area contributed by atoms with Gasteiger partial charge >= 0.3 is 0 Å². The van der Waals surface area contributed by atoms with Crippen molar-refractivity contribution in [2.75, 3.05) is 0 Å². The van der Waals surface area contributed by atoms with Gasteiger partial charge in [-0.2, -0.15) is 0 Å². The minimum Gasteiger partial charge on any atom is -0.289 e. The summed E-state index contributed by atoms with van der Waals surface area (Å²) in [7, 11) is 0. The lowest BCUT2D eigenvalue weighted by atomic mass is 9.86. The van der Waals surface area contributed by atoms with Crippen LogP contribution in [0.2, 0.25) is 0 Å². The van der Waals surface area contributed by atoms with Gasteiger partial charge in [0.15, 0.2) is 5.78 Å². The Bertz CT molecular complexity index is 452. The van der Waals surface area contributed by atoms with Crippen molar-refractivity contribution in [1.82, 2.24) is 0 Å². The molecule has 1 aromatic rings. The number of hydrogen-bond donors (Lipinski definition) is 0. The van der Waals surface area contributed by atoms with Crippen molar-refractivity contribution in [3.8, 4) is 0 Å². The van der Waals surface area contributed by atoms with Crippen LogP contribution in [0.4, 0.5) is 0 Å². The molecular weight excluding hydrogens is 196 g/mol. The van der Waals surface area contributed by atoms with Gasteiger partial charge in [-0.1, -0.05) is 55.0 Å². The zero-order chi connectivity index (χ0) is 11.5. The minimum atomic E-state index is 0.163. The zero-order valence-corrected chi connectivity index (χ0v) is 9.73. The highest BCUT2D eigenvalue weighted by atomic mass is 16.1. The minimum absolute atomic E-state index is 0.163. The topological polar surface area (TPSA) is 17.1 Å². The highest BCUT2D eigenvalue weighted by molar-refractivity contribution is 6.09. The monoisotopic (exact) mass is 212 g/mol. The van der Waals surface area contributed by atoms with Crippen LogP contribution in [0, 0.1) is 5.92 Å². The molecule has 0 aromatic heterocycles. The van der Waals surface area contributed by atoms with Crippen LogP contribution in [0.3, 0.4) is 0 Å². The SMILES string of the molecule is CC1=CC=C(C(=O)c2ccccc2)CC1C. The van der Waals surface area contributed by atoms with Crippen LogP contribution in [-0.2, 0) is 0 Å². The van der Waals surface area contributed by atoms with Crippen LogP contribution in [0.25, 0.3) is 0 Å². The maximum atomic E-state index is 12.2. The average molecular weight is 212 g/mol. The molecule has 1 unspecified atom stereocenters. The molecule has 0 saturated carbocycles. The van der Waals surface area contributed by atoms with Crippen LogP contribution < -0.4 is 0 Å². The number of hydrogen-bond acceptors (Lipinski definition) is 1. The number of ketones is 1. The summed E-state index contributed by atoms with van der Waals surface area (Å²) in [5.74, 6) is 0.642. The number of rotatable bonds is 2. The van der Waals surface area contributed by atoms with E-state index in [1.807, 2.05) is 36.4 Å². The van der Waals surface area contributed by atoms with Gasteiger partial charge in [-0.25, -0.2) is 0 Å². The van der Waals surface area contributed by atoms with E-state index < -0.39 is 0 Å². The van der Waals surface area contributed by atoms with Gasteiger partial charge in [0, 0.05) is 11.1 Å². The van der Waals surface area contributed by atoms with Gasteiger partial charge in [-0.05, 0) is 19.3 Å². The molecule has 0 spiro atoms. The molecule has 1 aromatic carbocycles. The molecule has 0 saturated heterocycles. The normalized spacial score (nSPS) is 20.0. The van der Waals surface area contributed by atoms with Gasteiger partial charge in [0.05, 0.1) is 0 Å². The van der Waals surface area contributed by atoms with E-state index >= 15 is 0 Å². The smallest absolute Gasteiger partial charge is 0.189 e. The van der Waals surface area contributed by atoms with E-state index in [-0.39, 0.29) is 5.78 Å². The van der Waals surface area contributed by atoms with E-state index in [1.165, 1.54) is 5.57 Å². The van der Waals surface area contributed by atoms with Crippen molar-refractivity contribution >= 4 is 5.78 Å². The van der Waals surface area contributed by atoms with Crippen LogP contribution in [0.5, 0.6) is 0 Å². The quantitative estimate of drug-likeness (QED) is 0.682. The molecule has 0 radical (unpaired) electrons. The Balaban J connectivity index is 2.25. The maximum Gasteiger partial charge on any atom is 0.189 e. The summed E-state index contributed by atoms with van der Waals surface area (Å²) >= 11 is 0. The molecule has 0 bridgehead atoms. The molecule has 1 nitrogen and oxygen atoms in total. The third-order valence-corrected chi connectivity index (χ3v) is 3.18. The molecule has 0 fully saturated rings. The molecule has 0 aliphatic heterocycles. The highest BCUT2D eigenvalue weighted by Crippen LogP contribution is 2.26. The number of carbonyl (C=O) groups excluding carboxylic acids is 1. The largest absolute Gasteiger partial charge is 0.289 e. The fourth-order valence-corrected chi connectivity index (χ4v) is 1.90. The van der Waals surface area contributed by atoms with E-state index in [4.69, 9.17) is 0 Å². The van der Waals surface area contributed by atoms with Gasteiger partial charge in [-0.3, -0.25) is 4.79 Å². The maximum absolute atomic E-state index is 12.2. The number of benzene rings is 1. The van der Waals surface area contributed by atoms with Crippen molar-refractivity contribution in [2.24, 2.45) is 5.92 Å². The Hall–Kier alpha value is -1.63. The molecule has 0 heterocycles. The Morgan fingerprint density at radius 2 is 1.88 bits per heavy atom. The average Bonchev–Trinajstić information content (AvgIpc) is 2.33. The molecule has 0 amide bonds. The zero-order valence-electron chi connectivity index (χ0n) is 9.73. The van der Waals surface area contributed by atoms with Crippen LogP contribution in [0.15, 0.2) is 53.6 Å². The molecule has 1 aliphatic carbocycles. The Morgan fingerprint density at radius 1 is 1.19 bits per heavy atom. The van der Waals surface area contributed by atoms with Gasteiger partial charge in [0.25, 0.3) is 0 Å². The molecular formula is C15H16O. The van der Waals surface area contributed by atoms with E-state index in [1.54, 1.807) is 0 Å². The van der Waals surface area contributed by atoms with Gasteiger partial charge in [0.1, 0.15) is 0 Å². The lowest BCUT2D eigenvalue weighted by Gasteiger charge is -2.18. The number of allylic oxidation sites excluding steroid dienone is 4. The van der Waals surface area contributed by atoms with Gasteiger partial charge in [-0.15, -0.1) is 0 Å².